The number of hydrogen-bond donors (Lipinski definition) is 6. The van der Waals surface area contributed by atoms with Gasteiger partial charge >= 0.3 is 5.97 Å². The van der Waals surface area contributed by atoms with Crippen molar-refractivity contribution in [2.75, 3.05) is 0 Å². The first-order chi connectivity index (χ1) is 37.3. The number of nitrogen functional groups attached to an aromatic ring is 1. The molecule has 7 N–H and O–H groups in total. The van der Waals surface area contributed by atoms with E-state index in [0.717, 1.165) is 50.7 Å². The molecule has 0 saturated heterocycles. The largest absolute Gasteiger partial charge is 0.507 e. The number of phenolic OH excluding ortho intramolecular Hbond substituents is 2. The maximum absolute atomic E-state index is 10.6. The Morgan fingerprint density at radius 2 is 0.838 bits per heavy atom. The summed E-state index contributed by atoms with van der Waals surface area (Å²) in [6, 6.07) is 63.4. The summed E-state index contributed by atoms with van der Waals surface area (Å²) < 4.78 is 1.42. The minimum atomic E-state index is -1.14. The van der Waals surface area contributed by atoms with Crippen molar-refractivity contribution in [1.29, 1.82) is 5.41 Å². The SMILES string of the molecule is C.C=C[CH2-].N=C(N)c1ccccc1.O=C(O)c1cc(Br)ccc1O.Oc1cc(Br)ccc1-c1nc(-c2ccccc2)nc(-c2ccccc2)n1.[CH2-]CCc1ccc(-c2nc(-c3ccccc3)nc(-c3ccccc3)n2)c(O)c1.[Rf].[Rf]. The summed E-state index contributed by atoms with van der Waals surface area (Å²) in [5.74, 6) is 2.21. The molecule has 2 heterocycles. The van der Waals surface area contributed by atoms with Crippen LogP contribution in [0.15, 0.2) is 228 Å². The zero-order valence-corrected chi connectivity index (χ0v) is 58.8. The first kappa shape index (κ1) is 63.0. The molecule has 17 heteroatoms. The molecule has 80 heavy (non-hydrogen) atoms. The van der Waals surface area contributed by atoms with E-state index in [4.69, 9.17) is 21.4 Å². The number of carboxylic acids is 1. The minimum Gasteiger partial charge on any atom is -0.507 e. The van der Waals surface area contributed by atoms with Crippen molar-refractivity contribution in [3.05, 3.63) is 258 Å². The van der Waals surface area contributed by atoms with E-state index < -0.39 is 5.97 Å². The fourth-order valence-electron chi connectivity index (χ4n) is 6.98. The van der Waals surface area contributed by atoms with Crippen molar-refractivity contribution < 1.29 is 25.2 Å². The predicted octanol–water partition coefficient (Wildman–Crippen LogP) is 15.2. The van der Waals surface area contributed by atoms with Gasteiger partial charge in [-0.15, -0.1) is 0 Å². The Hall–Kier alpha value is -11.3. The predicted molar refractivity (Wildman–Crippen MR) is 319 cm³/mol. The number of benzene rings is 8. The van der Waals surface area contributed by atoms with E-state index in [0.29, 0.717) is 50.5 Å². The van der Waals surface area contributed by atoms with Crippen LogP contribution in [0.4, 0.5) is 0 Å². The molecule has 2 aromatic heterocycles. The molecule has 0 saturated carbocycles. The van der Waals surface area contributed by atoms with Crippen molar-refractivity contribution in [3.63, 3.8) is 0 Å². The quantitative estimate of drug-likeness (QED) is 0.0427. The number of nitrogens with one attached hydrogen (secondary N) is 1. The van der Waals surface area contributed by atoms with E-state index in [1.54, 1.807) is 24.3 Å². The third kappa shape index (κ3) is 17.9. The molecule has 0 amide bonds. The number of hydrogen-bond acceptors (Lipinski definition) is 11. The van der Waals surface area contributed by atoms with E-state index >= 15 is 0 Å². The Kier molecular flexibility index (Phi) is 24.8. The number of aromatic hydroxyl groups is 3. The van der Waals surface area contributed by atoms with Gasteiger partial charge in [-0.05, 0) is 54.1 Å². The normalized spacial score (nSPS) is 9.69. The molecule has 0 aliphatic heterocycles. The number of amidine groups is 1. The molecular weight excluding hydrogens is 1640 g/mol. The summed E-state index contributed by atoms with van der Waals surface area (Å²) in [5.41, 5.74) is 11.6. The number of nitrogens with zero attached hydrogens (tertiary/aromatic N) is 6. The number of rotatable bonds is 10. The van der Waals surface area contributed by atoms with Crippen LogP contribution in [0.5, 0.6) is 17.2 Å². The van der Waals surface area contributed by atoms with Gasteiger partial charge in [-0.1, -0.05) is 203 Å². The molecular formula is C63H56Br2N8O5Rf2-2. The average Bonchev–Trinajstić information content (AvgIpc) is 3.53. The number of halogens is 2. The van der Waals surface area contributed by atoms with E-state index in [1.807, 2.05) is 170 Å². The number of aryl methyl sites for hydroxylation is 1. The Morgan fingerprint density at radius 3 is 1.15 bits per heavy atom. The van der Waals surface area contributed by atoms with Crippen molar-refractivity contribution >= 4 is 43.7 Å². The molecule has 10 aromatic rings. The van der Waals surface area contributed by atoms with Gasteiger partial charge in [0.1, 0.15) is 28.6 Å². The number of nitrogens with two attached hydrogens (primary N) is 1. The Labute approximate surface area is 471 Å². The average molecular weight is 1700 g/mol. The molecule has 0 aliphatic rings. The summed E-state index contributed by atoms with van der Waals surface area (Å²) in [7, 11) is 0. The number of aromatic nitrogens is 6. The molecule has 0 fully saturated rings. The third-order valence-electron chi connectivity index (χ3n) is 10.6. The summed E-state index contributed by atoms with van der Waals surface area (Å²) in [6.45, 7) is 10.4. The molecule has 0 unspecified atom stereocenters. The first-order valence-corrected chi connectivity index (χ1v) is 25.2. The molecule has 398 valence electrons. The third-order valence-corrected chi connectivity index (χ3v) is 11.6. The van der Waals surface area contributed by atoms with Crippen LogP contribution < -0.4 is 5.73 Å². The number of allylic oxidation sites excluding steroid dienone is 1. The number of phenols is 3. The van der Waals surface area contributed by atoms with Gasteiger partial charge in [0.15, 0.2) is 34.9 Å². The van der Waals surface area contributed by atoms with E-state index in [-0.39, 0.29) is 36.1 Å². The van der Waals surface area contributed by atoms with Gasteiger partial charge in [0.25, 0.3) is 0 Å². The summed E-state index contributed by atoms with van der Waals surface area (Å²) in [4.78, 5) is 38.2. The zero-order chi connectivity index (χ0) is 55.1. The van der Waals surface area contributed by atoms with Gasteiger partial charge in [0.05, 0.1) is 11.1 Å². The van der Waals surface area contributed by atoms with Crippen LogP contribution in [0.2, 0.25) is 0 Å². The monoisotopic (exact) mass is 1700 g/mol. The van der Waals surface area contributed by atoms with E-state index in [1.165, 1.54) is 18.2 Å². The van der Waals surface area contributed by atoms with Crippen LogP contribution in [0.25, 0.3) is 68.3 Å². The maximum Gasteiger partial charge on any atom is 0.339 e. The van der Waals surface area contributed by atoms with Crippen LogP contribution in [-0.2, 0) is 6.42 Å². The van der Waals surface area contributed by atoms with Crippen molar-refractivity contribution in [2.45, 2.75) is 20.3 Å². The van der Waals surface area contributed by atoms with Crippen LogP contribution in [0.1, 0.15) is 35.3 Å². The maximum atomic E-state index is 10.6. The second-order valence-electron chi connectivity index (χ2n) is 16.2. The van der Waals surface area contributed by atoms with Crippen LogP contribution >= 0.6 is 31.9 Å². The topological polar surface area (TPSA) is 225 Å². The summed E-state index contributed by atoms with van der Waals surface area (Å²) in [6.07, 6.45) is 3.09. The molecule has 13 nitrogen and oxygen atoms in total. The Balaban J connectivity index is 0.000000296. The molecule has 0 atom stereocenters. The van der Waals surface area contributed by atoms with Gasteiger partial charge in [-0.3, -0.25) is 5.41 Å². The number of aromatic carboxylic acids is 1. The summed E-state index contributed by atoms with van der Waals surface area (Å²) in [5, 5.41) is 45.4. The second-order valence-corrected chi connectivity index (χ2v) is 18.1. The van der Waals surface area contributed by atoms with Gasteiger partial charge in [-0.25, -0.2) is 54.3 Å². The minimum absolute atomic E-state index is 0. The van der Waals surface area contributed by atoms with Crippen molar-refractivity contribution in [1.82, 2.24) is 29.9 Å². The Morgan fingerprint density at radius 1 is 0.512 bits per heavy atom. The van der Waals surface area contributed by atoms with Crippen molar-refractivity contribution in [2.24, 2.45) is 5.73 Å². The molecule has 0 aliphatic carbocycles. The van der Waals surface area contributed by atoms with Crippen molar-refractivity contribution in [3.8, 4) is 85.6 Å². The molecule has 10 rings (SSSR count). The van der Waals surface area contributed by atoms with Crippen LogP contribution in [0.3, 0.4) is 0 Å². The van der Waals surface area contributed by atoms with Gasteiger partial charge in [0.2, 0.25) is 0 Å². The fourth-order valence-corrected chi connectivity index (χ4v) is 7.69. The molecule has 0 bridgehead atoms. The summed E-state index contributed by atoms with van der Waals surface area (Å²) >= 11 is 6.45. The van der Waals surface area contributed by atoms with Gasteiger partial charge < -0.3 is 33.1 Å². The smallest absolute Gasteiger partial charge is 0.339 e. The number of carbonyl (C=O) groups is 1. The fraction of sp³-hybridized carbons (Fsp3) is 0.0476. The van der Waals surface area contributed by atoms with Gasteiger partial charge in [-0.2, -0.15) is 6.42 Å². The van der Waals surface area contributed by atoms with Crippen LogP contribution in [0, 0.1) is 19.3 Å². The zero-order valence-electron chi connectivity index (χ0n) is 42.9. The van der Waals surface area contributed by atoms with E-state index in [2.05, 4.69) is 82.2 Å². The van der Waals surface area contributed by atoms with E-state index in [9.17, 15) is 15.0 Å². The first-order valence-electron chi connectivity index (χ1n) is 23.6. The van der Waals surface area contributed by atoms with Gasteiger partial charge in [0, 0.05) is 36.8 Å². The molecule has 0 spiro atoms. The Bertz CT molecular complexity index is 3420. The number of carboxylic acid groups (broad SMARTS) is 1. The van der Waals surface area contributed by atoms with Crippen LogP contribution in [-0.4, -0.2) is 62.1 Å². The molecule has 0 radical (unpaired) electrons. The second kappa shape index (κ2) is 31.5. The molecule has 8 aromatic carbocycles. The standard InChI is InChI=1S/C24H20N3O.C21H14BrN3O.C7H5BrO3.C7H8N2.C3H5.CH4.2Rf/c1-2-9-17-14-15-20(21(28)16-17)24-26-22(18-10-5-3-6-11-18)25-23(27-24)19-12-7-4-8-13-19;22-16-11-12-17(18(26)13-16)21-24-19(14-7-3-1-4-8-14)23-20(25-21)15-9-5-2-6-10-15;8-4-1-2-6(9)5(3-4)7(10)11;8-7(9)6-4-2-1-3-5-6;1-3-2;;;/h3-8,10-16,28H,1-2,9H2;1-13,26H;1-3,9H,(H,10,11);1-5H,(H3,8,9);3H,1-2H2;1H4;;/q-1;;;;-1;;;.